The van der Waals surface area contributed by atoms with Gasteiger partial charge in [-0.1, -0.05) is 12.1 Å². The first-order valence-electron chi connectivity index (χ1n) is 8.79. The van der Waals surface area contributed by atoms with Gasteiger partial charge in [0, 0.05) is 17.5 Å². The molecule has 0 aliphatic carbocycles. The molecule has 28 heavy (non-hydrogen) atoms. The van der Waals surface area contributed by atoms with E-state index < -0.39 is 0 Å². The zero-order valence-corrected chi connectivity index (χ0v) is 15.5. The molecule has 0 amide bonds. The van der Waals surface area contributed by atoms with Crippen LogP contribution >= 0.6 is 11.3 Å². The number of benzene rings is 1. The fraction of sp³-hybridized carbons (Fsp3) is 0.100. The Kier molecular flexibility index (Phi) is 4.17. The predicted octanol–water partition coefficient (Wildman–Crippen LogP) is 4.42. The van der Waals surface area contributed by atoms with Crippen molar-refractivity contribution in [2.24, 2.45) is 0 Å². The van der Waals surface area contributed by atoms with Crippen molar-refractivity contribution in [1.82, 2.24) is 24.9 Å². The molecular weight excluding hydrogens is 375 g/mol. The summed E-state index contributed by atoms with van der Waals surface area (Å²) in [6, 6.07) is 10.7. The fourth-order valence-corrected chi connectivity index (χ4v) is 3.98. The zero-order valence-electron chi connectivity index (χ0n) is 14.7. The lowest BCUT2D eigenvalue weighted by Crippen LogP contribution is -2.08. The quantitative estimate of drug-likeness (QED) is 0.464. The van der Waals surface area contributed by atoms with Gasteiger partial charge < -0.3 is 10.3 Å². The Morgan fingerprint density at radius 1 is 1.11 bits per heavy atom. The first kappa shape index (κ1) is 16.8. The van der Waals surface area contributed by atoms with E-state index in [1.165, 1.54) is 18.5 Å². The highest BCUT2D eigenvalue weighted by Crippen LogP contribution is 2.29. The topological polar surface area (TPSA) is 79.4 Å². The number of hydrogen-bond acceptors (Lipinski definition) is 6. The van der Waals surface area contributed by atoms with Gasteiger partial charge in [0.25, 0.3) is 0 Å². The van der Waals surface area contributed by atoms with Crippen molar-refractivity contribution in [1.29, 1.82) is 0 Å². The molecule has 0 aliphatic rings. The normalized spacial score (nSPS) is 11.3. The Balaban J connectivity index is 1.46. The number of anilines is 1. The lowest BCUT2D eigenvalue weighted by molar-refractivity contribution is 0.628. The van der Waals surface area contributed by atoms with E-state index in [0.29, 0.717) is 29.9 Å². The molecule has 0 saturated heterocycles. The van der Waals surface area contributed by atoms with Gasteiger partial charge in [0.1, 0.15) is 22.5 Å². The van der Waals surface area contributed by atoms with Gasteiger partial charge in [-0.25, -0.2) is 24.3 Å². The van der Waals surface area contributed by atoms with E-state index in [4.69, 9.17) is 4.98 Å². The van der Waals surface area contributed by atoms with E-state index in [0.717, 1.165) is 27.0 Å². The molecule has 5 aromatic rings. The van der Waals surface area contributed by atoms with Gasteiger partial charge in [0.05, 0.1) is 12.0 Å². The SMILES string of the molecule is Fc1cccc(-c2nc3sccc3cc2CCNc2ncnc3[nH]cnc23)c1. The molecule has 5 rings (SSSR count). The summed E-state index contributed by atoms with van der Waals surface area (Å²) < 4.78 is 13.8. The highest BCUT2D eigenvalue weighted by atomic mass is 32.1. The molecule has 0 fully saturated rings. The first-order chi connectivity index (χ1) is 13.8. The average Bonchev–Trinajstić information content (AvgIpc) is 3.36. The van der Waals surface area contributed by atoms with Crippen LogP contribution in [0.15, 0.2) is 54.4 Å². The maximum absolute atomic E-state index is 13.8. The Morgan fingerprint density at radius 3 is 3.00 bits per heavy atom. The first-order valence-corrected chi connectivity index (χ1v) is 9.67. The van der Waals surface area contributed by atoms with Crippen LogP contribution in [-0.2, 0) is 6.42 Å². The minimum Gasteiger partial charge on any atom is -0.368 e. The second kappa shape index (κ2) is 6.97. The largest absolute Gasteiger partial charge is 0.368 e. The maximum Gasteiger partial charge on any atom is 0.162 e. The zero-order chi connectivity index (χ0) is 18.9. The van der Waals surface area contributed by atoms with Crippen LogP contribution in [0.25, 0.3) is 32.6 Å². The highest BCUT2D eigenvalue weighted by molar-refractivity contribution is 7.16. The van der Waals surface area contributed by atoms with E-state index >= 15 is 0 Å². The molecule has 2 N–H and O–H groups in total. The molecule has 138 valence electrons. The van der Waals surface area contributed by atoms with Crippen LogP contribution in [0.4, 0.5) is 10.2 Å². The Labute approximate surface area is 163 Å². The van der Waals surface area contributed by atoms with E-state index in [1.807, 2.05) is 11.4 Å². The second-order valence-electron chi connectivity index (χ2n) is 6.32. The number of hydrogen-bond donors (Lipinski definition) is 2. The summed E-state index contributed by atoms with van der Waals surface area (Å²) in [4.78, 5) is 21.4. The molecule has 8 heteroatoms. The van der Waals surface area contributed by atoms with Gasteiger partial charge in [0.15, 0.2) is 11.5 Å². The van der Waals surface area contributed by atoms with Crippen LogP contribution in [0.5, 0.6) is 0 Å². The number of rotatable bonds is 5. The summed E-state index contributed by atoms with van der Waals surface area (Å²) in [5, 5.41) is 6.43. The van der Waals surface area contributed by atoms with Gasteiger partial charge in [-0.2, -0.15) is 0 Å². The van der Waals surface area contributed by atoms with E-state index in [9.17, 15) is 4.39 Å². The molecule has 1 aromatic carbocycles. The minimum absolute atomic E-state index is 0.267. The standard InChI is InChI=1S/C20H15FN6S/c21-15-3-1-2-12(9-15)16-13(8-14-5-7-28-20(14)27-16)4-6-22-18-17-19(24-10-23-17)26-11-25-18/h1-3,5,7-11H,4,6H2,(H2,22,23,24,25,26). The molecule has 0 spiro atoms. The Hall–Kier alpha value is -3.39. The van der Waals surface area contributed by atoms with Gasteiger partial charge in [-0.05, 0) is 41.6 Å². The van der Waals surface area contributed by atoms with Gasteiger partial charge >= 0.3 is 0 Å². The summed E-state index contributed by atoms with van der Waals surface area (Å²) in [6.07, 6.45) is 3.81. The van der Waals surface area contributed by atoms with E-state index in [-0.39, 0.29) is 5.82 Å². The maximum atomic E-state index is 13.8. The fourth-order valence-electron chi connectivity index (χ4n) is 3.23. The van der Waals surface area contributed by atoms with Gasteiger partial charge in [-0.15, -0.1) is 11.3 Å². The average molecular weight is 390 g/mol. The van der Waals surface area contributed by atoms with Crippen molar-refractivity contribution in [3.05, 3.63) is 65.8 Å². The number of nitrogens with one attached hydrogen (secondary N) is 2. The van der Waals surface area contributed by atoms with Crippen molar-refractivity contribution >= 4 is 38.5 Å². The summed E-state index contributed by atoms with van der Waals surface area (Å²) in [5.41, 5.74) is 4.04. The van der Waals surface area contributed by atoms with Crippen molar-refractivity contribution in [2.75, 3.05) is 11.9 Å². The molecule has 4 heterocycles. The summed E-state index contributed by atoms with van der Waals surface area (Å²) in [7, 11) is 0. The number of halogens is 1. The number of thiophene rings is 1. The monoisotopic (exact) mass is 390 g/mol. The molecule has 0 atom stereocenters. The summed E-state index contributed by atoms with van der Waals surface area (Å²) >= 11 is 1.58. The van der Waals surface area contributed by atoms with Crippen molar-refractivity contribution in [3.8, 4) is 11.3 Å². The number of H-pyrrole nitrogens is 1. The lowest BCUT2D eigenvalue weighted by Gasteiger charge is -2.11. The third-order valence-corrected chi connectivity index (χ3v) is 5.35. The van der Waals surface area contributed by atoms with Gasteiger partial charge in [-0.3, -0.25) is 0 Å². The van der Waals surface area contributed by atoms with Crippen LogP contribution < -0.4 is 5.32 Å². The number of pyridine rings is 1. The summed E-state index contributed by atoms with van der Waals surface area (Å²) in [5.74, 6) is 0.416. The van der Waals surface area contributed by atoms with Crippen molar-refractivity contribution in [3.63, 3.8) is 0 Å². The summed E-state index contributed by atoms with van der Waals surface area (Å²) in [6.45, 7) is 0.638. The molecule has 6 nitrogen and oxygen atoms in total. The van der Waals surface area contributed by atoms with E-state index in [1.54, 1.807) is 23.7 Å². The number of aromatic nitrogens is 5. The molecular formula is C20H15FN6S. The van der Waals surface area contributed by atoms with Crippen molar-refractivity contribution < 1.29 is 4.39 Å². The molecule has 0 unspecified atom stereocenters. The predicted molar refractivity (Wildman–Crippen MR) is 109 cm³/mol. The Morgan fingerprint density at radius 2 is 2.07 bits per heavy atom. The van der Waals surface area contributed by atoms with Crippen LogP contribution in [0, 0.1) is 5.82 Å². The molecule has 0 aliphatic heterocycles. The second-order valence-corrected chi connectivity index (χ2v) is 7.21. The molecule has 4 aromatic heterocycles. The van der Waals surface area contributed by atoms with Crippen LogP contribution in [0.1, 0.15) is 5.56 Å². The smallest absolute Gasteiger partial charge is 0.162 e. The third kappa shape index (κ3) is 3.07. The Bertz CT molecular complexity index is 1280. The van der Waals surface area contributed by atoms with Crippen LogP contribution in [-0.4, -0.2) is 31.5 Å². The van der Waals surface area contributed by atoms with Crippen molar-refractivity contribution in [2.45, 2.75) is 6.42 Å². The van der Waals surface area contributed by atoms with Gasteiger partial charge in [0.2, 0.25) is 0 Å². The lowest BCUT2D eigenvalue weighted by atomic mass is 10.0. The molecule has 0 bridgehead atoms. The number of fused-ring (bicyclic) bond motifs is 2. The highest BCUT2D eigenvalue weighted by Gasteiger charge is 2.12. The molecule has 0 radical (unpaired) electrons. The number of aromatic amines is 1. The van der Waals surface area contributed by atoms with E-state index in [2.05, 4.69) is 37.4 Å². The van der Waals surface area contributed by atoms with Crippen LogP contribution in [0.3, 0.4) is 0 Å². The van der Waals surface area contributed by atoms with Crippen LogP contribution in [0.2, 0.25) is 0 Å². The third-order valence-electron chi connectivity index (χ3n) is 4.52. The number of nitrogens with zero attached hydrogens (tertiary/aromatic N) is 4. The number of imidazole rings is 1. The molecule has 0 saturated carbocycles. The minimum atomic E-state index is -0.267.